The smallest absolute Gasteiger partial charge is 0.143 e. The van der Waals surface area contributed by atoms with Gasteiger partial charge in [0.15, 0.2) is 0 Å². The van der Waals surface area contributed by atoms with Crippen molar-refractivity contribution in [2.75, 3.05) is 0 Å². The van der Waals surface area contributed by atoms with Crippen molar-refractivity contribution in [3.8, 4) is 33.4 Å². The lowest BCUT2D eigenvalue weighted by molar-refractivity contribution is 0.670. The number of hydrogen-bond donors (Lipinski definition) is 0. The molecule has 3 heteroatoms. The Kier molecular flexibility index (Phi) is 4.82. The van der Waals surface area contributed by atoms with Crippen LogP contribution >= 0.6 is 0 Å². The zero-order valence-corrected chi connectivity index (χ0v) is 21.0. The second-order valence-electron chi connectivity index (χ2n) is 9.88. The summed E-state index contributed by atoms with van der Waals surface area (Å²) < 4.78 is 6.73. The van der Waals surface area contributed by atoms with E-state index in [1.165, 1.54) is 26.9 Å². The first-order valence-corrected chi connectivity index (χ1v) is 13.1. The highest BCUT2D eigenvalue weighted by Gasteiger charge is 2.19. The summed E-state index contributed by atoms with van der Waals surface area (Å²) in [5.74, 6) is 0. The molecule has 0 aliphatic heterocycles. The maximum Gasteiger partial charge on any atom is 0.143 e. The van der Waals surface area contributed by atoms with Crippen molar-refractivity contribution in [2.45, 2.75) is 0 Å². The molecule has 0 spiro atoms. The summed E-state index contributed by atoms with van der Waals surface area (Å²) in [6.07, 6.45) is 7.36. The van der Waals surface area contributed by atoms with Crippen LogP contribution in [0.25, 0.3) is 76.9 Å². The van der Waals surface area contributed by atoms with Crippen molar-refractivity contribution in [2.24, 2.45) is 0 Å². The van der Waals surface area contributed by atoms with Crippen LogP contribution in [-0.4, -0.2) is 9.97 Å². The van der Waals surface area contributed by atoms with E-state index in [9.17, 15) is 0 Å². The zero-order valence-electron chi connectivity index (χ0n) is 21.0. The van der Waals surface area contributed by atoms with Crippen LogP contribution in [0.2, 0.25) is 0 Å². The predicted octanol–water partition coefficient (Wildman–Crippen LogP) is 9.68. The van der Waals surface area contributed by atoms with Crippen LogP contribution in [0.5, 0.6) is 0 Å². The molecule has 0 N–H and O–H groups in total. The number of nitrogens with zero attached hydrogens (tertiary/aromatic N) is 2. The molecule has 5 aromatic carbocycles. The van der Waals surface area contributed by atoms with Crippen molar-refractivity contribution in [1.29, 1.82) is 0 Å². The van der Waals surface area contributed by atoms with E-state index in [0.717, 1.165) is 49.9 Å². The molecule has 8 aromatic rings. The normalized spacial score (nSPS) is 11.6. The molecule has 8 rings (SSSR count). The molecule has 182 valence electrons. The Morgan fingerprint density at radius 1 is 0.436 bits per heavy atom. The average Bonchev–Trinajstić information content (AvgIpc) is 3.42. The maximum absolute atomic E-state index is 6.73. The molecule has 3 nitrogen and oxygen atoms in total. The summed E-state index contributed by atoms with van der Waals surface area (Å²) in [5.41, 5.74) is 8.50. The summed E-state index contributed by atoms with van der Waals surface area (Å²) in [6, 6.07) is 38.6. The van der Waals surface area contributed by atoms with Gasteiger partial charge in [-0.15, -0.1) is 0 Å². The van der Waals surface area contributed by atoms with E-state index in [4.69, 9.17) is 4.42 Å². The van der Waals surface area contributed by atoms with Crippen molar-refractivity contribution < 1.29 is 4.42 Å². The van der Waals surface area contributed by atoms with Crippen LogP contribution in [0.4, 0.5) is 0 Å². The van der Waals surface area contributed by atoms with Crippen molar-refractivity contribution in [3.05, 3.63) is 134 Å². The lowest BCUT2D eigenvalue weighted by atomic mass is 9.91. The molecule has 39 heavy (non-hydrogen) atoms. The molecule has 0 radical (unpaired) electrons. The average molecular weight is 499 g/mol. The van der Waals surface area contributed by atoms with Crippen LogP contribution in [0.15, 0.2) is 138 Å². The van der Waals surface area contributed by atoms with Crippen LogP contribution in [-0.2, 0) is 0 Å². The van der Waals surface area contributed by atoms with Crippen molar-refractivity contribution in [3.63, 3.8) is 0 Å². The monoisotopic (exact) mass is 498 g/mol. The zero-order chi connectivity index (χ0) is 25.8. The van der Waals surface area contributed by atoms with Gasteiger partial charge in [0.2, 0.25) is 0 Å². The third-order valence-electron chi connectivity index (χ3n) is 7.63. The minimum atomic E-state index is 0.904. The number of furan rings is 1. The van der Waals surface area contributed by atoms with Crippen LogP contribution in [0, 0.1) is 0 Å². The molecule has 0 unspecified atom stereocenters. The number of hydrogen-bond acceptors (Lipinski definition) is 3. The van der Waals surface area contributed by atoms with E-state index >= 15 is 0 Å². The molecule has 0 aliphatic carbocycles. The molecule has 0 aliphatic rings. The van der Waals surface area contributed by atoms with Gasteiger partial charge in [0.1, 0.15) is 11.2 Å². The second-order valence-corrected chi connectivity index (χ2v) is 9.88. The molecule has 0 fully saturated rings. The first-order valence-electron chi connectivity index (χ1n) is 13.1. The number of pyridine rings is 2. The highest BCUT2D eigenvalue weighted by Crippen LogP contribution is 2.44. The van der Waals surface area contributed by atoms with Gasteiger partial charge in [-0.05, 0) is 104 Å². The van der Waals surface area contributed by atoms with Gasteiger partial charge in [0.05, 0.1) is 0 Å². The van der Waals surface area contributed by atoms with Gasteiger partial charge in [0.25, 0.3) is 0 Å². The highest BCUT2D eigenvalue weighted by atomic mass is 16.3. The summed E-state index contributed by atoms with van der Waals surface area (Å²) in [5, 5.41) is 7.14. The SMILES string of the molecule is c1ccc2c(c1)ccc1oc3c(-c4cc(-c5ccncc5)cc(-c5ccncc5)c4)cc4ccccc4c3c12. The van der Waals surface area contributed by atoms with Crippen LogP contribution < -0.4 is 0 Å². The van der Waals surface area contributed by atoms with E-state index in [1.807, 2.05) is 24.8 Å². The quantitative estimate of drug-likeness (QED) is 0.243. The largest absolute Gasteiger partial charge is 0.455 e. The van der Waals surface area contributed by atoms with Crippen molar-refractivity contribution in [1.82, 2.24) is 9.97 Å². The minimum absolute atomic E-state index is 0.904. The predicted molar refractivity (Wildman–Crippen MR) is 161 cm³/mol. The minimum Gasteiger partial charge on any atom is -0.455 e. The van der Waals surface area contributed by atoms with Gasteiger partial charge in [0, 0.05) is 41.1 Å². The fraction of sp³-hybridized carbons (Fsp3) is 0. The molecular formula is C36H22N2O. The van der Waals surface area contributed by atoms with E-state index in [1.54, 1.807) is 0 Å². The van der Waals surface area contributed by atoms with E-state index in [0.29, 0.717) is 0 Å². The Morgan fingerprint density at radius 3 is 1.67 bits per heavy atom. The number of rotatable bonds is 3. The molecule has 3 aromatic heterocycles. The van der Waals surface area contributed by atoms with E-state index < -0.39 is 0 Å². The summed E-state index contributed by atoms with van der Waals surface area (Å²) in [6.45, 7) is 0. The second kappa shape index (κ2) is 8.64. The Hall–Kier alpha value is -5.28. The lowest BCUT2D eigenvalue weighted by Crippen LogP contribution is -1.88. The van der Waals surface area contributed by atoms with E-state index in [2.05, 4.69) is 119 Å². The van der Waals surface area contributed by atoms with Gasteiger partial charge in [-0.1, -0.05) is 54.6 Å². The van der Waals surface area contributed by atoms with Gasteiger partial charge in [-0.25, -0.2) is 0 Å². The Morgan fingerprint density at radius 2 is 1.00 bits per heavy atom. The number of aromatic nitrogens is 2. The molecule has 0 saturated carbocycles. The van der Waals surface area contributed by atoms with Crippen LogP contribution in [0.1, 0.15) is 0 Å². The Balaban J connectivity index is 1.51. The lowest BCUT2D eigenvalue weighted by Gasteiger charge is -2.13. The Labute approximate surface area is 225 Å². The molecule has 3 heterocycles. The first kappa shape index (κ1) is 21.8. The van der Waals surface area contributed by atoms with Gasteiger partial charge in [-0.2, -0.15) is 0 Å². The highest BCUT2D eigenvalue weighted by molar-refractivity contribution is 6.28. The molecule has 0 amide bonds. The molecule has 0 bridgehead atoms. The third-order valence-corrected chi connectivity index (χ3v) is 7.63. The van der Waals surface area contributed by atoms with Crippen LogP contribution in [0.3, 0.4) is 0 Å². The number of benzene rings is 5. The van der Waals surface area contributed by atoms with E-state index in [-0.39, 0.29) is 0 Å². The Bertz CT molecular complexity index is 2110. The summed E-state index contributed by atoms with van der Waals surface area (Å²) >= 11 is 0. The summed E-state index contributed by atoms with van der Waals surface area (Å²) in [4.78, 5) is 8.47. The topological polar surface area (TPSA) is 38.9 Å². The fourth-order valence-electron chi connectivity index (χ4n) is 5.81. The fourth-order valence-corrected chi connectivity index (χ4v) is 5.81. The van der Waals surface area contributed by atoms with Gasteiger partial charge in [-0.3, -0.25) is 9.97 Å². The third kappa shape index (κ3) is 3.52. The molecule has 0 atom stereocenters. The number of fused-ring (bicyclic) bond motifs is 7. The maximum atomic E-state index is 6.73. The van der Waals surface area contributed by atoms with Crippen molar-refractivity contribution >= 4 is 43.5 Å². The first-order chi connectivity index (χ1) is 19.3. The molecular weight excluding hydrogens is 476 g/mol. The summed E-state index contributed by atoms with van der Waals surface area (Å²) in [7, 11) is 0. The standard InChI is InChI=1S/C36H22N2O/c1-3-7-30-25(5-1)9-10-33-34(30)35-31-8-4-2-6-26(31)22-32(36(35)39-33)29-20-27(23-11-15-37-16-12-23)19-28(21-29)24-13-17-38-18-14-24/h1-22H. The van der Waals surface area contributed by atoms with Gasteiger partial charge < -0.3 is 4.42 Å². The molecule has 0 saturated heterocycles. The van der Waals surface area contributed by atoms with Gasteiger partial charge >= 0.3 is 0 Å².